The molecule has 8 nitrogen and oxygen atoms in total. The van der Waals surface area contributed by atoms with Crippen LogP contribution in [-0.4, -0.2) is 72.2 Å². The van der Waals surface area contributed by atoms with Gasteiger partial charge in [0.2, 0.25) is 0 Å². The minimum absolute atomic E-state index is 0.171. The maximum Gasteiger partial charge on any atom is 0.321 e. The minimum Gasteiger partial charge on any atom is -0.361 e. The van der Waals surface area contributed by atoms with Crippen LogP contribution in [0.1, 0.15) is 16.9 Å². The first-order valence-corrected chi connectivity index (χ1v) is 9.43. The van der Waals surface area contributed by atoms with Gasteiger partial charge in [0.1, 0.15) is 0 Å². The Hall–Kier alpha value is -2.87. The third kappa shape index (κ3) is 4.89. The molecule has 2 heterocycles. The van der Waals surface area contributed by atoms with E-state index in [1.165, 1.54) is 0 Å². The normalized spacial score (nSPS) is 14.4. The van der Waals surface area contributed by atoms with Crippen molar-refractivity contribution in [2.75, 3.05) is 50.5 Å². The van der Waals surface area contributed by atoms with Crippen molar-refractivity contribution < 1.29 is 9.59 Å². The molecule has 0 radical (unpaired) electrons. The summed E-state index contributed by atoms with van der Waals surface area (Å²) in [5, 5.41) is 11.5. The van der Waals surface area contributed by atoms with Crippen LogP contribution in [0.3, 0.4) is 0 Å². The molecule has 0 saturated carbocycles. The number of halogens is 1. The topological polar surface area (TPSA) is 81.7 Å². The second kappa shape index (κ2) is 8.88. The number of urea groups is 1. The van der Waals surface area contributed by atoms with Gasteiger partial charge in [-0.1, -0.05) is 17.7 Å². The molecule has 1 fully saturated rings. The molecule has 1 saturated heterocycles. The molecule has 1 aliphatic heterocycles. The van der Waals surface area contributed by atoms with Crippen LogP contribution in [0.4, 0.5) is 16.3 Å². The first-order chi connectivity index (χ1) is 13.4. The van der Waals surface area contributed by atoms with Crippen molar-refractivity contribution in [1.29, 1.82) is 0 Å². The van der Waals surface area contributed by atoms with Crippen molar-refractivity contribution in [3.63, 3.8) is 0 Å². The van der Waals surface area contributed by atoms with Gasteiger partial charge in [-0.05, 0) is 36.8 Å². The quantitative estimate of drug-likeness (QED) is 0.853. The van der Waals surface area contributed by atoms with Crippen molar-refractivity contribution in [2.45, 2.75) is 6.42 Å². The monoisotopic (exact) mass is 402 g/mol. The zero-order valence-corrected chi connectivity index (χ0v) is 16.7. The number of nitrogens with zero attached hydrogens (tertiary/aromatic N) is 5. The van der Waals surface area contributed by atoms with E-state index >= 15 is 0 Å². The van der Waals surface area contributed by atoms with Gasteiger partial charge in [0.25, 0.3) is 5.91 Å². The zero-order valence-electron chi connectivity index (χ0n) is 15.9. The second-order valence-corrected chi connectivity index (χ2v) is 7.18. The molecule has 3 rings (SSSR count). The van der Waals surface area contributed by atoms with Gasteiger partial charge in [-0.25, -0.2) is 4.79 Å². The molecular formula is C19H23ClN6O2. The number of aromatic nitrogens is 2. The largest absolute Gasteiger partial charge is 0.361 e. The van der Waals surface area contributed by atoms with E-state index in [1.54, 1.807) is 46.2 Å². The van der Waals surface area contributed by atoms with Gasteiger partial charge in [-0.15, -0.1) is 10.2 Å². The predicted molar refractivity (Wildman–Crippen MR) is 109 cm³/mol. The average Bonchev–Trinajstić information content (AvgIpc) is 2.94. The zero-order chi connectivity index (χ0) is 20.1. The van der Waals surface area contributed by atoms with Gasteiger partial charge in [0.15, 0.2) is 11.5 Å². The maximum absolute atomic E-state index is 12.7. The fourth-order valence-electron chi connectivity index (χ4n) is 2.93. The summed E-state index contributed by atoms with van der Waals surface area (Å²) < 4.78 is 0. The Bertz CT molecular complexity index is 843. The lowest BCUT2D eigenvalue weighted by Gasteiger charge is -2.22. The molecule has 148 valence electrons. The number of hydrogen-bond donors (Lipinski definition) is 1. The van der Waals surface area contributed by atoms with Gasteiger partial charge in [0, 0.05) is 51.0 Å². The molecule has 2 aromatic rings. The number of benzene rings is 1. The first kappa shape index (κ1) is 19.9. The fourth-order valence-corrected chi connectivity index (χ4v) is 3.12. The van der Waals surface area contributed by atoms with Crippen LogP contribution in [0.2, 0.25) is 5.02 Å². The molecule has 0 spiro atoms. The Morgan fingerprint density at radius 3 is 2.46 bits per heavy atom. The van der Waals surface area contributed by atoms with E-state index < -0.39 is 0 Å². The number of hydrogen-bond acceptors (Lipinski definition) is 5. The van der Waals surface area contributed by atoms with Crippen LogP contribution >= 0.6 is 11.6 Å². The van der Waals surface area contributed by atoms with E-state index in [0.29, 0.717) is 54.8 Å². The van der Waals surface area contributed by atoms with E-state index in [-0.39, 0.29) is 11.9 Å². The third-order valence-electron chi connectivity index (χ3n) is 4.47. The summed E-state index contributed by atoms with van der Waals surface area (Å²) in [6.07, 6.45) is 0.692. The highest BCUT2D eigenvalue weighted by Crippen LogP contribution is 2.16. The molecule has 0 atom stereocenters. The van der Waals surface area contributed by atoms with E-state index in [9.17, 15) is 9.59 Å². The Kier molecular flexibility index (Phi) is 6.30. The standard InChI is InChI=1S/C19H23ClN6O2/c1-24(2)17-8-7-16(22-23-17)18(27)25-9-4-10-26(12-11-25)19(28)21-15-6-3-5-14(20)13-15/h3,5-8,13H,4,9-12H2,1-2H3,(H,21,28). The Balaban J connectivity index is 1.59. The summed E-state index contributed by atoms with van der Waals surface area (Å²) in [5.41, 5.74) is 0.952. The molecule has 0 unspecified atom stereocenters. The van der Waals surface area contributed by atoms with Crippen LogP contribution in [0.25, 0.3) is 0 Å². The molecule has 0 bridgehead atoms. The minimum atomic E-state index is -0.202. The summed E-state index contributed by atoms with van der Waals surface area (Å²) in [6.45, 7) is 2.03. The van der Waals surface area contributed by atoms with E-state index in [4.69, 9.17) is 11.6 Å². The van der Waals surface area contributed by atoms with Gasteiger partial charge < -0.3 is 20.0 Å². The van der Waals surface area contributed by atoms with Gasteiger partial charge in [-0.2, -0.15) is 0 Å². The number of rotatable bonds is 3. The molecule has 9 heteroatoms. The molecule has 0 aliphatic carbocycles. The average molecular weight is 403 g/mol. The van der Waals surface area contributed by atoms with Gasteiger partial charge in [-0.3, -0.25) is 4.79 Å². The molecule has 1 N–H and O–H groups in total. The van der Waals surface area contributed by atoms with Crippen molar-refractivity contribution in [3.8, 4) is 0 Å². The van der Waals surface area contributed by atoms with Gasteiger partial charge >= 0.3 is 6.03 Å². The number of amides is 3. The SMILES string of the molecule is CN(C)c1ccc(C(=O)N2CCCN(C(=O)Nc3cccc(Cl)c3)CC2)nn1. The number of carbonyl (C=O) groups is 2. The summed E-state index contributed by atoms with van der Waals surface area (Å²) in [7, 11) is 3.73. The number of nitrogens with one attached hydrogen (secondary N) is 1. The fraction of sp³-hybridized carbons (Fsp3) is 0.368. The molecular weight excluding hydrogens is 380 g/mol. The number of anilines is 2. The highest BCUT2D eigenvalue weighted by Gasteiger charge is 2.24. The summed E-state index contributed by atoms with van der Waals surface area (Å²) in [6, 6.07) is 10.3. The van der Waals surface area contributed by atoms with Crippen LogP contribution < -0.4 is 10.2 Å². The molecule has 28 heavy (non-hydrogen) atoms. The Morgan fingerprint density at radius 2 is 1.79 bits per heavy atom. The van der Waals surface area contributed by atoms with Crippen LogP contribution in [0, 0.1) is 0 Å². The summed E-state index contributed by atoms with van der Waals surface area (Å²) in [4.78, 5) is 30.5. The molecule has 1 aliphatic rings. The highest BCUT2D eigenvalue weighted by molar-refractivity contribution is 6.30. The Labute approximate surface area is 169 Å². The van der Waals surface area contributed by atoms with E-state index in [0.717, 1.165) is 0 Å². The summed E-state index contributed by atoms with van der Waals surface area (Å²) in [5.74, 6) is 0.520. The highest BCUT2D eigenvalue weighted by atomic mass is 35.5. The van der Waals surface area contributed by atoms with E-state index in [2.05, 4.69) is 15.5 Å². The van der Waals surface area contributed by atoms with Crippen molar-refractivity contribution in [2.24, 2.45) is 0 Å². The first-order valence-electron chi connectivity index (χ1n) is 9.06. The maximum atomic E-state index is 12.7. The summed E-state index contributed by atoms with van der Waals surface area (Å²) >= 11 is 5.96. The molecule has 1 aromatic heterocycles. The van der Waals surface area contributed by atoms with Crippen LogP contribution in [0.15, 0.2) is 36.4 Å². The van der Waals surface area contributed by atoms with Gasteiger partial charge in [0.05, 0.1) is 0 Å². The lowest BCUT2D eigenvalue weighted by molar-refractivity contribution is 0.0755. The molecule has 1 aromatic carbocycles. The molecule has 3 amide bonds. The number of carbonyl (C=O) groups excluding carboxylic acids is 2. The van der Waals surface area contributed by atoms with Crippen molar-refractivity contribution in [1.82, 2.24) is 20.0 Å². The van der Waals surface area contributed by atoms with Crippen LogP contribution in [0.5, 0.6) is 0 Å². The lowest BCUT2D eigenvalue weighted by atomic mass is 10.3. The predicted octanol–water partition coefficient (Wildman–Crippen LogP) is 2.58. The van der Waals surface area contributed by atoms with Crippen LogP contribution in [-0.2, 0) is 0 Å². The second-order valence-electron chi connectivity index (χ2n) is 6.74. The lowest BCUT2D eigenvalue weighted by Crippen LogP contribution is -2.39. The van der Waals surface area contributed by atoms with Crippen molar-refractivity contribution >= 4 is 35.0 Å². The third-order valence-corrected chi connectivity index (χ3v) is 4.71. The smallest absolute Gasteiger partial charge is 0.321 e. The Morgan fingerprint density at radius 1 is 1.04 bits per heavy atom. The van der Waals surface area contributed by atoms with E-state index in [1.807, 2.05) is 19.0 Å². The van der Waals surface area contributed by atoms with Crippen molar-refractivity contribution in [3.05, 3.63) is 47.1 Å².